The second kappa shape index (κ2) is 23.9. The molecular formula is C40H68N2O2S2Sn2. The summed E-state index contributed by atoms with van der Waals surface area (Å²) >= 11 is -1.79. The molecule has 0 radical (unpaired) electrons. The van der Waals surface area contributed by atoms with Crippen molar-refractivity contribution in [2.24, 2.45) is 0 Å². The molecule has 48 heavy (non-hydrogen) atoms. The molecule has 0 aromatic carbocycles. The number of unbranched alkanes of at least 4 members (excludes halogenated alkanes) is 18. The number of nitrogens with zero attached hydrogens (tertiary/aromatic N) is 2. The topological polar surface area (TPSA) is 66.0 Å². The van der Waals surface area contributed by atoms with Crippen LogP contribution in [0.5, 0.6) is 11.5 Å². The van der Waals surface area contributed by atoms with Crippen LogP contribution in [0, 0.1) is 22.7 Å². The quantitative estimate of drug-likeness (QED) is 0.0662. The monoisotopic (exact) mass is 912 g/mol. The Morgan fingerprint density at radius 3 is 0.979 bits per heavy atom. The van der Waals surface area contributed by atoms with Crippen molar-refractivity contribution in [2.45, 2.75) is 172 Å². The minimum absolute atomic E-state index is 0.630. The summed E-state index contributed by atoms with van der Waals surface area (Å²) in [6.07, 6.45) is 25.7. The first kappa shape index (κ1) is 43.7. The Balaban J connectivity index is 2.20. The van der Waals surface area contributed by atoms with Gasteiger partial charge in [-0.1, -0.05) is 52.4 Å². The fourth-order valence-electron chi connectivity index (χ4n) is 6.19. The molecule has 0 N–H and O–H groups in total. The van der Waals surface area contributed by atoms with Gasteiger partial charge in [-0.05, 0) is 0 Å². The molecule has 2 rings (SSSR count). The standard InChI is InChI=1S/C34H50N2O2S2.6CH3.2Sn/c1-3-5-7-9-11-13-15-17-19-21-23-37-31-29(25-35)27-39-33(31)34-32(30(26-36)28-40-34)38-24-22-20-18-16-14-12-10-8-6-4-2;;;;;;;;/h3-24H2,1-2H3;6*1H3;;. The molecule has 8 heteroatoms. The first-order valence-corrected chi connectivity index (χ1v) is 41.0. The first-order valence-electron chi connectivity index (χ1n) is 19.4. The Hall–Kier alpha value is -0.423. The van der Waals surface area contributed by atoms with Gasteiger partial charge in [0.05, 0.1) is 0 Å². The van der Waals surface area contributed by atoms with Crippen molar-refractivity contribution >= 4 is 65.2 Å². The van der Waals surface area contributed by atoms with Crippen LogP contribution in [0.4, 0.5) is 0 Å². The number of nitriles is 2. The summed E-state index contributed by atoms with van der Waals surface area (Å²) in [4.78, 5) is 16.3. The summed E-state index contributed by atoms with van der Waals surface area (Å²) in [7, 11) is 0. The molecule has 0 aliphatic carbocycles. The summed E-state index contributed by atoms with van der Waals surface area (Å²) in [5.41, 5.74) is 1.50. The van der Waals surface area contributed by atoms with Gasteiger partial charge in [-0.2, -0.15) is 0 Å². The van der Waals surface area contributed by atoms with Crippen molar-refractivity contribution in [3.63, 3.8) is 0 Å². The third-order valence-electron chi connectivity index (χ3n) is 9.01. The van der Waals surface area contributed by atoms with Gasteiger partial charge >= 0.3 is 262 Å². The predicted octanol–water partition coefficient (Wildman–Crippen LogP) is 12.9. The molecule has 0 fully saturated rings. The normalized spacial score (nSPS) is 11.9. The summed E-state index contributed by atoms with van der Waals surface area (Å²) in [5, 5.41) is 20.9. The van der Waals surface area contributed by atoms with Crippen molar-refractivity contribution in [2.75, 3.05) is 13.2 Å². The molecule has 0 aliphatic rings. The second-order valence-corrected chi connectivity index (χ2v) is 48.4. The van der Waals surface area contributed by atoms with Crippen LogP contribution in [-0.4, -0.2) is 50.0 Å². The van der Waals surface area contributed by atoms with E-state index in [1.165, 1.54) is 109 Å². The van der Waals surface area contributed by atoms with E-state index in [0.29, 0.717) is 13.2 Å². The zero-order valence-electron chi connectivity index (χ0n) is 32.1. The number of rotatable bonds is 27. The molecule has 0 bridgehead atoms. The van der Waals surface area contributed by atoms with Gasteiger partial charge in [0.1, 0.15) is 0 Å². The third-order valence-corrected chi connectivity index (χ3v) is 30.3. The van der Waals surface area contributed by atoms with E-state index in [1.807, 2.05) is 0 Å². The molecule has 0 spiro atoms. The van der Waals surface area contributed by atoms with E-state index in [-0.39, 0.29) is 0 Å². The Morgan fingerprint density at radius 1 is 0.458 bits per heavy atom. The number of hydrogen-bond donors (Lipinski definition) is 0. The van der Waals surface area contributed by atoms with E-state index in [9.17, 15) is 10.5 Å². The number of hydrogen-bond acceptors (Lipinski definition) is 6. The zero-order chi connectivity index (χ0) is 35.4. The van der Waals surface area contributed by atoms with E-state index in [4.69, 9.17) is 9.47 Å². The van der Waals surface area contributed by atoms with E-state index >= 15 is 0 Å². The van der Waals surface area contributed by atoms with Gasteiger partial charge in [-0.25, -0.2) is 0 Å². The van der Waals surface area contributed by atoms with E-state index in [2.05, 4.69) is 55.6 Å². The molecular weight excluding hydrogens is 842 g/mol. The van der Waals surface area contributed by atoms with E-state index in [1.54, 1.807) is 22.7 Å². The molecule has 2 aromatic heterocycles. The van der Waals surface area contributed by atoms with Crippen LogP contribution in [0.3, 0.4) is 0 Å². The molecule has 2 heterocycles. The van der Waals surface area contributed by atoms with Crippen LogP contribution in [0.15, 0.2) is 0 Å². The van der Waals surface area contributed by atoms with Gasteiger partial charge in [0.25, 0.3) is 0 Å². The molecule has 2 aromatic rings. The van der Waals surface area contributed by atoms with Crippen LogP contribution >= 0.6 is 22.7 Å². The molecule has 0 aliphatic heterocycles. The van der Waals surface area contributed by atoms with Gasteiger partial charge < -0.3 is 0 Å². The van der Waals surface area contributed by atoms with Crippen LogP contribution in [-0.2, 0) is 0 Å². The fourth-order valence-corrected chi connectivity index (χ4v) is 21.1. The van der Waals surface area contributed by atoms with Crippen LogP contribution in [0.1, 0.15) is 153 Å². The second-order valence-electron chi connectivity index (χ2n) is 15.7. The summed E-state index contributed by atoms with van der Waals surface area (Å²) in [5.74, 6) is 1.51. The van der Waals surface area contributed by atoms with Crippen LogP contribution in [0.2, 0.25) is 29.6 Å². The molecule has 0 saturated heterocycles. The molecule has 0 atom stereocenters. The summed E-state index contributed by atoms with van der Waals surface area (Å²) < 4.78 is 15.7. The van der Waals surface area contributed by atoms with Gasteiger partial charge in [-0.15, -0.1) is 0 Å². The average molecular weight is 911 g/mol. The number of ether oxygens (including phenoxy) is 2. The Morgan fingerprint density at radius 2 is 0.729 bits per heavy atom. The maximum atomic E-state index is 10.5. The predicted molar refractivity (Wildman–Crippen MR) is 218 cm³/mol. The summed E-state index contributed by atoms with van der Waals surface area (Å²) in [6.45, 7) is 5.81. The van der Waals surface area contributed by atoms with Crippen molar-refractivity contribution in [3.8, 4) is 33.4 Å². The Labute approximate surface area is 312 Å². The SMILES string of the molecule is CCCCCCCCCCCCOc1c(-c2s[c]([Sn]([CH3])([CH3])[CH3])c(C#N)c2OCCCCCCCCCCCC)s[c]([Sn]([CH3])([CH3])[CH3])c1C#N. The average Bonchev–Trinajstić information content (AvgIpc) is 3.60. The van der Waals surface area contributed by atoms with Crippen molar-refractivity contribution in [1.29, 1.82) is 10.5 Å². The number of thiophene rings is 2. The maximum absolute atomic E-state index is 10.5. The molecule has 0 unspecified atom stereocenters. The van der Waals surface area contributed by atoms with Gasteiger partial charge in [0, 0.05) is 0 Å². The molecule has 0 saturated carbocycles. The van der Waals surface area contributed by atoms with Crippen molar-refractivity contribution in [1.82, 2.24) is 0 Å². The fraction of sp³-hybridized carbons (Fsp3) is 0.750. The molecule has 270 valence electrons. The van der Waals surface area contributed by atoms with Crippen LogP contribution in [0.25, 0.3) is 9.75 Å². The minimum atomic E-state index is -2.66. The van der Waals surface area contributed by atoms with Crippen molar-refractivity contribution in [3.05, 3.63) is 11.1 Å². The third kappa shape index (κ3) is 15.0. The Bertz CT molecular complexity index is 1180. The van der Waals surface area contributed by atoms with Gasteiger partial charge in [0.15, 0.2) is 0 Å². The van der Waals surface area contributed by atoms with Gasteiger partial charge in [-0.3, -0.25) is 0 Å². The van der Waals surface area contributed by atoms with E-state index < -0.39 is 36.8 Å². The van der Waals surface area contributed by atoms with Gasteiger partial charge in [0.2, 0.25) is 0 Å². The molecule has 4 nitrogen and oxygen atoms in total. The molecule has 0 amide bonds. The van der Waals surface area contributed by atoms with E-state index in [0.717, 1.165) is 58.1 Å². The first-order chi connectivity index (χ1) is 23.0. The zero-order valence-corrected chi connectivity index (χ0v) is 39.4. The summed E-state index contributed by atoms with van der Waals surface area (Å²) in [6, 6.07) is 5.15. The van der Waals surface area contributed by atoms with Crippen LogP contribution < -0.4 is 15.3 Å². The van der Waals surface area contributed by atoms with Crippen molar-refractivity contribution < 1.29 is 9.47 Å². The Kier molecular flexibility index (Phi) is 21.8.